The molecule has 1 heterocycles. The molecule has 0 aliphatic rings. The maximum Gasteiger partial charge on any atom is 0.0587 e. The Labute approximate surface area is 132 Å². The summed E-state index contributed by atoms with van der Waals surface area (Å²) in [6, 6.07) is 6.17. The van der Waals surface area contributed by atoms with E-state index in [4.69, 9.17) is 16.3 Å². The number of nitrogens with zero attached hydrogens (tertiary/aromatic N) is 1. The van der Waals surface area contributed by atoms with E-state index in [1.807, 2.05) is 6.07 Å². The van der Waals surface area contributed by atoms with Crippen molar-refractivity contribution in [1.82, 2.24) is 9.88 Å². The summed E-state index contributed by atoms with van der Waals surface area (Å²) in [5.74, 6) is 0. The zero-order valence-corrected chi connectivity index (χ0v) is 13.7. The predicted octanol–water partition coefficient (Wildman–Crippen LogP) is 4.22. The number of halogens is 1. The van der Waals surface area contributed by atoms with E-state index in [9.17, 15) is 0 Å². The van der Waals surface area contributed by atoms with Crippen LogP contribution in [0.5, 0.6) is 0 Å². The number of aryl methyl sites for hydroxylation is 1. The van der Waals surface area contributed by atoms with Crippen LogP contribution in [0.15, 0.2) is 24.4 Å². The molecule has 0 saturated heterocycles. The van der Waals surface area contributed by atoms with Gasteiger partial charge in [0.05, 0.1) is 6.61 Å². The smallest absolute Gasteiger partial charge is 0.0587 e. The fourth-order valence-corrected chi connectivity index (χ4v) is 2.76. The number of nitrogens with one attached hydrogen (secondary N) is 1. The van der Waals surface area contributed by atoms with E-state index in [-0.39, 0.29) is 0 Å². The zero-order valence-electron chi connectivity index (χ0n) is 13.0. The van der Waals surface area contributed by atoms with E-state index in [1.165, 1.54) is 35.7 Å². The summed E-state index contributed by atoms with van der Waals surface area (Å²) in [6.07, 6.45) is 5.98. The SMILES string of the molecule is CCCCCn1cc(CNCCOC)c2ccc(Cl)cc21. The van der Waals surface area contributed by atoms with Crippen molar-refractivity contribution in [3.05, 3.63) is 35.0 Å². The highest BCUT2D eigenvalue weighted by Crippen LogP contribution is 2.25. The van der Waals surface area contributed by atoms with E-state index >= 15 is 0 Å². The van der Waals surface area contributed by atoms with Crippen LogP contribution in [0.1, 0.15) is 31.7 Å². The van der Waals surface area contributed by atoms with Crippen molar-refractivity contribution in [2.45, 2.75) is 39.3 Å². The average molecular weight is 309 g/mol. The van der Waals surface area contributed by atoms with Crippen LogP contribution >= 0.6 is 11.6 Å². The number of rotatable bonds is 9. The molecular weight excluding hydrogens is 284 g/mol. The van der Waals surface area contributed by atoms with Gasteiger partial charge in [0.25, 0.3) is 0 Å². The van der Waals surface area contributed by atoms with Crippen LogP contribution in [0.4, 0.5) is 0 Å². The summed E-state index contributed by atoms with van der Waals surface area (Å²) >= 11 is 6.16. The Balaban J connectivity index is 2.16. The molecule has 21 heavy (non-hydrogen) atoms. The van der Waals surface area contributed by atoms with Crippen LogP contribution in [0, 0.1) is 0 Å². The lowest BCUT2D eigenvalue weighted by Gasteiger charge is -2.04. The molecule has 0 atom stereocenters. The third-order valence-corrected chi connectivity index (χ3v) is 3.96. The molecule has 0 radical (unpaired) electrons. The molecule has 0 fully saturated rings. The summed E-state index contributed by atoms with van der Waals surface area (Å²) < 4.78 is 7.41. The van der Waals surface area contributed by atoms with Gasteiger partial charge in [-0.05, 0) is 24.1 Å². The summed E-state index contributed by atoms with van der Waals surface area (Å²) in [7, 11) is 1.73. The van der Waals surface area contributed by atoms with Gasteiger partial charge in [0.2, 0.25) is 0 Å². The van der Waals surface area contributed by atoms with Crippen molar-refractivity contribution in [2.24, 2.45) is 0 Å². The second kappa shape index (κ2) is 8.42. The average Bonchev–Trinajstić information content (AvgIpc) is 2.81. The molecule has 3 nitrogen and oxygen atoms in total. The van der Waals surface area contributed by atoms with Crippen LogP contribution in [-0.4, -0.2) is 24.8 Å². The number of hydrogen-bond acceptors (Lipinski definition) is 2. The molecule has 0 spiro atoms. The number of benzene rings is 1. The van der Waals surface area contributed by atoms with Crippen molar-refractivity contribution in [3.63, 3.8) is 0 Å². The fraction of sp³-hybridized carbons (Fsp3) is 0.529. The van der Waals surface area contributed by atoms with E-state index in [1.54, 1.807) is 7.11 Å². The number of ether oxygens (including phenoxy) is 1. The van der Waals surface area contributed by atoms with Crippen molar-refractivity contribution in [3.8, 4) is 0 Å². The van der Waals surface area contributed by atoms with Crippen LogP contribution in [-0.2, 0) is 17.8 Å². The van der Waals surface area contributed by atoms with E-state index < -0.39 is 0 Å². The molecule has 0 aliphatic carbocycles. The summed E-state index contributed by atoms with van der Waals surface area (Å²) in [5, 5.41) is 5.51. The highest BCUT2D eigenvalue weighted by atomic mass is 35.5. The molecule has 0 amide bonds. The Morgan fingerprint density at radius 1 is 1.29 bits per heavy atom. The number of methoxy groups -OCH3 is 1. The minimum atomic E-state index is 0.737. The second-order valence-electron chi connectivity index (χ2n) is 5.39. The summed E-state index contributed by atoms with van der Waals surface area (Å²) in [5.41, 5.74) is 2.57. The van der Waals surface area contributed by atoms with Crippen molar-refractivity contribution in [1.29, 1.82) is 0 Å². The summed E-state index contributed by atoms with van der Waals surface area (Å²) in [6.45, 7) is 5.76. The molecule has 1 aromatic heterocycles. The number of fused-ring (bicyclic) bond motifs is 1. The van der Waals surface area contributed by atoms with Gasteiger partial charge in [-0.15, -0.1) is 0 Å². The van der Waals surface area contributed by atoms with E-state index in [0.717, 1.165) is 31.3 Å². The molecule has 0 unspecified atom stereocenters. The quantitative estimate of drug-likeness (QED) is 0.702. The van der Waals surface area contributed by atoms with Crippen LogP contribution in [0.2, 0.25) is 5.02 Å². The highest BCUT2D eigenvalue weighted by Gasteiger charge is 2.08. The van der Waals surface area contributed by atoms with E-state index in [0.29, 0.717) is 0 Å². The van der Waals surface area contributed by atoms with Gasteiger partial charge in [-0.25, -0.2) is 0 Å². The minimum absolute atomic E-state index is 0.737. The first-order chi connectivity index (χ1) is 10.3. The molecule has 116 valence electrons. The van der Waals surface area contributed by atoms with Gasteiger partial charge in [-0.3, -0.25) is 0 Å². The third-order valence-electron chi connectivity index (χ3n) is 3.73. The lowest BCUT2D eigenvalue weighted by Crippen LogP contribution is -2.18. The van der Waals surface area contributed by atoms with Crippen LogP contribution < -0.4 is 5.32 Å². The first kappa shape index (κ1) is 16.3. The molecule has 4 heteroatoms. The minimum Gasteiger partial charge on any atom is -0.383 e. The standard InChI is InChI=1S/C17H25ClN2O/c1-3-4-5-9-20-13-14(12-19-8-10-21-2)16-7-6-15(18)11-17(16)20/h6-7,11,13,19H,3-5,8-10,12H2,1-2H3. The van der Waals surface area contributed by atoms with Crippen molar-refractivity contribution in [2.75, 3.05) is 20.3 Å². The second-order valence-corrected chi connectivity index (χ2v) is 5.82. The van der Waals surface area contributed by atoms with Gasteiger partial charge in [-0.2, -0.15) is 0 Å². The van der Waals surface area contributed by atoms with Crippen LogP contribution in [0.25, 0.3) is 10.9 Å². The van der Waals surface area contributed by atoms with Gasteiger partial charge < -0.3 is 14.6 Å². The Hall–Kier alpha value is -1.03. The van der Waals surface area contributed by atoms with E-state index in [2.05, 4.69) is 35.1 Å². The Morgan fingerprint density at radius 3 is 2.90 bits per heavy atom. The van der Waals surface area contributed by atoms with Gasteiger partial charge >= 0.3 is 0 Å². The van der Waals surface area contributed by atoms with Gasteiger partial charge in [0, 0.05) is 48.9 Å². The molecule has 2 aromatic rings. The van der Waals surface area contributed by atoms with Crippen LogP contribution in [0.3, 0.4) is 0 Å². The Bertz CT molecular complexity index is 565. The molecule has 0 bridgehead atoms. The number of aromatic nitrogens is 1. The lowest BCUT2D eigenvalue weighted by molar-refractivity contribution is 0.199. The molecule has 1 N–H and O–H groups in total. The molecular formula is C17H25ClN2O. The molecule has 2 rings (SSSR count). The van der Waals surface area contributed by atoms with Gasteiger partial charge in [0.15, 0.2) is 0 Å². The maximum absolute atomic E-state index is 6.16. The molecule has 1 aromatic carbocycles. The predicted molar refractivity (Wildman–Crippen MR) is 90.1 cm³/mol. The first-order valence-corrected chi connectivity index (χ1v) is 8.11. The third kappa shape index (κ3) is 4.47. The van der Waals surface area contributed by atoms with Crippen molar-refractivity contribution < 1.29 is 4.74 Å². The highest BCUT2D eigenvalue weighted by molar-refractivity contribution is 6.31. The monoisotopic (exact) mass is 308 g/mol. The molecule has 0 saturated carbocycles. The maximum atomic E-state index is 6.16. The fourth-order valence-electron chi connectivity index (χ4n) is 2.60. The topological polar surface area (TPSA) is 26.2 Å². The number of unbranched alkanes of at least 4 members (excludes halogenated alkanes) is 2. The van der Waals surface area contributed by atoms with Crippen molar-refractivity contribution >= 4 is 22.5 Å². The van der Waals surface area contributed by atoms with Gasteiger partial charge in [0.1, 0.15) is 0 Å². The Kier molecular flexibility index (Phi) is 6.55. The number of hydrogen-bond donors (Lipinski definition) is 1. The first-order valence-electron chi connectivity index (χ1n) is 7.73. The normalized spacial score (nSPS) is 11.4. The molecule has 0 aliphatic heterocycles. The van der Waals surface area contributed by atoms with Gasteiger partial charge in [-0.1, -0.05) is 37.4 Å². The largest absolute Gasteiger partial charge is 0.383 e. The lowest BCUT2D eigenvalue weighted by atomic mass is 10.2. The summed E-state index contributed by atoms with van der Waals surface area (Å²) in [4.78, 5) is 0. The Morgan fingerprint density at radius 2 is 2.14 bits per heavy atom. The zero-order chi connectivity index (χ0) is 15.1.